The van der Waals surface area contributed by atoms with Gasteiger partial charge in [0.25, 0.3) is 0 Å². The molecule has 2 aliphatic rings. The number of amides is 1. The molecule has 0 spiro atoms. The number of nitrogens with zero attached hydrogens (tertiary/aromatic N) is 3. The first-order valence-corrected chi connectivity index (χ1v) is 7.19. The Morgan fingerprint density at radius 2 is 2.05 bits per heavy atom. The van der Waals surface area contributed by atoms with Crippen molar-refractivity contribution >= 4 is 11.9 Å². The molecule has 1 atom stereocenters. The average Bonchev–Trinajstić information content (AvgIpc) is 3.24. The summed E-state index contributed by atoms with van der Waals surface area (Å²) in [7, 11) is 1.76. The van der Waals surface area contributed by atoms with Crippen LogP contribution >= 0.6 is 0 Å². The number of carboxylic acid groups (broad SMARTS) is 1. The van der Waals surface area contributed by atoms with E-state index < -0.39 is 16.9 Å². The monoisotopic (exact) mass is 292 g/mol. The van der Waals surface area contributed by atoms with Crippen molar-refractivity contribution in [3.05, 3.63) is 11.6 Å². The van der Waals surface area contributed by atoms with Crippen LogP contribution in [0.2, 0.25) is 0 Å². The van der Waals surface area contributed by atoms with Crippen molar-refractivity contribution in [3.63, 3.8) is 0 Å². The molecule has 2 aliphatic carbocycles. The molecule has 0 saturated heterocycles. The fourth-order valence-corrected chi connectivity index (χ4v) is 2.78. The predicted molar refractivity (Wildman–Crippen MR) is 73.6 cm³/mol. The van der Waals surface area contributed by atoms with Gasteiger partial charge in [0.05, 0.1) is 6.42 Å². The molecule has 0 aliphatic heterocycles. The Hall–Kier alpha value is -1.92. The van der Waals surface area contributed by atoms with E-state index in [2.05, 4.69) is 15.4 Å². The van der Waals surface area contributed by atoms with Gasteiger partial charge in [0.1, 0.15) is 11.4 Å². The van der Waals surface area contributed by atoms with Gasteiger partial charge in [0, 0.05) is 18.4 Å². The molecule has 0 aromatic carbocycles. The number of hydrogen-bond acceptors (Lipinski definition) is 4. The van der Waals surface area contributed by atoms with Gasteiger partial charge in [-0.1, -0.05) is 13.8 Å². The zero-order valence-electron chi connectivity index (χ0n) is 12.5. The van der Waals surface area contributed by atoms with Crippen molar-refractivity contribution in [3.8, 4) is 0 Å². The summed E-state index contributed by atoms with van der Waals surface area (Å²) in [6.07, 6.45) is 2.71. The molecule has 2 fully saturated rings. The minimum absolute atomic E-state index is 0.0569. The molecule has 1 unspecified atom stereocenters. The topological polar surface area (TPSA) is 97.1 Å². The van der Waals surface area contributed by atoms with Crippen molar-refractivity contribution in [2.24, 2.45) is 12.5 Å². The van der Waals surface area contributed by atoms with Crippen LogP contribution in [0.25, 0.3) is 0 Å². The first-order valence-electron chi connectivity index (χ1n) is 7.19. The van der Waals surface area contributed by atoms with Gasteiger partial charge in [-0.2, -0.15) is 5.10 Å². The van der Waals surface area contributed by atoms with Gasteiger partial charge in [-0.05, 0) is 19.3 Å². The maximum Gasteiger partial charge on any atom is 0.330 e. The third-order valence-corrected chi connectivity index (χ3v) is 4.59. The number of nitrogens with one attached hydrogen (secondary N) is 1. The number of carbonyl (C=O) groups is 2. The lowest BCUT2D eigenvalue weighted by Gasteiger charge is -2.17. The Morgan fingerprint density at radius 3 is 2.52 bits per heavy atom. The maximum absolute atomic E-state index is 12.2. The zero-order valence-corrected chi connectivity index (χ0v) is 12.5. The fraction of sp³-hybridized carbons (Fsp3) is 0.714. The van der Waals surface area contributed by atoms with Crippen molar-refractivity contribution < 1.29 is 14.7 Å². The summed E-state index contributed by atoms with van der Waals surface area (Å²) in [5.41, 5.74) is -1.55. The third-order valence-electron chi connectivity index (χ3n) is 4.59. The predicted octanol–water partition coefficient (Wildman–Crippen LogP) is 0.604. The van der Waals surface area contributed by atoms with E-state index in [-0.39, 0.29) is 12.3 Å². The van der Waals surface area contributed by atoms with Crippen molar-refractivity contribution in [1.29, 1.82) is 0 Å². The van der Waals surface area contributed by atoms with E-state index >= 15 is 0 Å². The van der Waals surface area contributed by atoms with Gasteiger partial charge in [-0.3, -0.25) is 9.48 Å². The fourth-order valence-electron chi connectivity index (χ4n) is 2.78. The molecule has 7 heteroatoms. The Labute approximate surface area is 122 Å². The molecule has 3 rings (SSSR count). The van der Waals surface area contributed by atoms with Gasteiger partial charge < -0.3 is 10.4 Å². The van der Waals surface area contributed by atoms with Gasteiger partial charge in [-0.15, -0.1) is 0 Å². The summed E-state index contributed by atoms with van der Waals surface area (Å²) in [5, 5.41) is 16.3. The van der Waals surface area contributed by atoms with E-state index in [0.717, 1.165) is 18.7 Å². The first-order chi connectivity index (χ1) is 9.75. The highest BCUT2D eigenvalue weighted by Crippen LogP contribution is 2.55. The van der Waals surface area contributed by atoms with Crippen LogP contribution in [0.4, 0.5) is 0 Å². The van der Waals surface area contributed by atoms with Gasteiger partial charge in [0.2, 0.25) is 5.91 Å². The van der Waals surface area contributed by atoms with Crippen LogP contribution in [0, 0.1) is 5.41 Å². The number of aromatic nitrogens is 3. The smallest absolute Gasteiger partial charge is 0.330 e. The summed E-state index contributed by atoms with van der Waals surface area (Å²) >= 11 is 0. The lowest BCUT2D eigenvalue weighted by molar-refractivity contribution is -0.144. The largest absolute Gasteiger partial charge is 0.479 e. The van der Waals surface area contributed by atoms with Crippen LogP contribution in [0.1, 0.15) is 50.7 Å². The number of rotatable bonds is 5. The molecule has 2 N–H and O–H groups in total. The number of aliphatic carboxylic acids is 1. The molecule has 0 radical (unpaired) electrons. The lowest BCUT2D eigenvalue weighted by atomic mass is 10.0. The summed E-state index contributed by atoms with van der Waals surface area (Å²) in [4.78, 5) is 27.9. The zero-order chi connectivity index (χ0) is 15.4. The molecule has 114 valence electrons. The SMILES string of the molecule is Cn1nc(C2CC2)nc1CC(=O)NC1(C(=O)O)CC1(C)C. The van der Waals surface area contributed by atoms with Crippen LogP contribution in [0.5, 0.6) is 0 Å². The Bertz CT molecular complexity index is 618. The minimum Gasteiger partial charge on any atom is -0.479 e. The van der Waals surface area contributed by atoms with Crippen LogP contribution < -0.4 is 5.32 Å². The molecule has 1 aromatic heterocycles. The molecule has 1 amide bonds. The maximum atomic E-state index is 12.2. The number of carbonyl (C=O) groups excluding carboxylic acids is 1. The minimum atomic E-state index is -1.14. The Morgan fingerprint density at radius 1 is 1.43 bits per heavy atom. The third kappa shape index (κ3) is 2.30. The summed E-state index contributed by atoms with van der Waals surface area (Å²) < 4.78 is 1.61. The average molecular weight is 292 g/mol. The molecular weight excluding hydrogens is 272 g/mol. The lowest BCUT2D eigenvalue weighted by Crippen LogP contribution is -2.47. The van der Waals surface area contributed by atoms with Crippen molar-refractivity contribution in [2.45, 2.75) is 51.0 Å². The molecular formula is C14H20N4O3. The summed E-state index contributed by atoms with van der Waals surface area (Å²) in [6, 6.07) is 0. The van der Waals surface area contributed by atoms with E-state index in [4.69, 9.17) is 0 Å². The molecule has 1 heterocycles. The highest BCUT2D eigenvalue weighted by molar-refractivity contribution is 5.91. The molecule has 1 aromatic rings. The Kier molecular flexibility index (Phi) is 2.86. The van der Waals surface area contributed by atoms with Gasteiger partial charge in [-0.25, -0.2) is 9.78 Å². The quantitative estimate of drug-likeness (QED) is 0.828. The first kappa shape index (κ1) is 14.0. The second kappa shape index (κ2) is 4.29. The van der Waals surface area contributed by atoms with E-state index in [1.54, 1.807) is 11.7 Å². The van der Waals surface area contributed by atoms with Crippen molar-refractivity contribution in [1.82, 2.24) is 20.1 Å². The second-order valence-electron chi connectivity index (χ2n) is 6.78. The number of aryl methyl sites for hydroxylation is 1. The summed E-state index contributed by atoms with van der Waals surface area (Å²) in [5.74, 6) is 0.507. The van der Waals surface area contributed by atoms with Gasteiger partial charge >= 0.3 is 5.97 Å². The highest BCUT2D eigenvalue weighted by atomic mass is 16.4. The van der Waals surface area contributed by atoms with Crippen molar-refractivity contribution in [2.75, 3.05) is 0 Å². The molecule has 7 nitrogen and oxygen atoms in total. The molecule has 21 heavy (non-hydrogen) atoms. The van der Waals surface area contributed by atoms with E-state index in [0.29, 0.717) is 18.2 Å². The highest BCUT2D eigenvalue weighted by Gasteiger charge is 2.68. The van der Waals surface area contributed by atoms with E-state index in [1.807, 2.05) is 13.8 Å². The summed E-state index contributed by atoms with van der Waals surface area (Å²) in [6.45, 7) is 3.68. The van der Waals surface area contributed by atoms with Crippen LogP contribution in [0.15, 0.2) is 0 Å². The second-order valence-corrected chi connectivity index (χ2v) is 6.78. The normalized spacial score (nSPS) is 26.4. The number of hydrogen-bond donors (Lipinski definition) is 2. The molecule has 2 saturated carbocycles. The van der Waals surface area contributed by atoms with Gasteiger partial charge in [0.15, 0.2) is 5.82 Å². The van der Waals surface area contributed by atoms with E-state index in [1.165, 1.54) is 0 Å². The van der Waals surface area contributed by atoms with E-state index in [9.17, 15) is 14.7 Å². The number of carboxylic acids is 1. The van der Waals surface area contributed by atoms with Crippen LogP contribution in [-0.2, 0) is 23.1 Å². The van der Waals surface area contributed by atoms with Crippen LogP contribution in [-0.4, -0.2) is 37.3 Å². The Balaban J connectivity index is 1.68. The van der Waals surface area contributed by atoms with Crippen LogP contribution in [0.3, 0.4) is 0 Å². The molecule has 0 bridgehead atoms. The standard InChI is InChI=1S/C14H20N4O3/c1-13(2)7-14(13,12(20)21)16-10(19)6-9-15-11(8-4-5-8)17-18(9)3/h8H,4-7H2,1-3H3,(H,16,19)(H,20,21).